The van der Waals surface area contributed by atoms with E-state index < -0.39 is 5.41 Å². The summed E-state index contributed by atoms with van der Waals surface area (Å²) in [5, 5.41) is 0. The van der Waals surface area contributed by atoms with Crippen molar-refractivity contribution in [2.24, 2.45) is 0 Å². The molecule has 0 aliphatic carbocycles. The highest BCUT2D eigenvalue weighted by atomic mass is 15.2. The molecule has 0 bridgehead atoms. The van der Waals surface area contributed by atoms with Gasteiger partial charge in [0.2, 0.25) is 0 Å². The maximum Gasteiger partial charge on any atom is 0.0783 e. The van der Waals surface area contributed by atoms with Crippen molar-refractivity contribution in [2.75, 3.05) is 14.7 Å². The normalized spacial score (nSPS) is 13.5. The van der Waals surface area contributed by atoms with Gasteiger partial charge in [-0.05, 0) is 107 Å². The molecule has 3 heteroatoms. The van der Waals surface area contributed by atoms with Crippen LogP contribution in [0.25, 0.3) is 0 Å². The number of hydrogen-bond donors (Lipinski definition) is 0. The van der Waals surface area contributed by atoms with Crippen molar-refractivity contribution in [1.82, 2.24) is 0 Å². The lowest BCUT2D eigenvalue weighted by Gasteiger charge is -2.51. The van der Waals surface area contributed by atoms with Crippen LogP contribution in [0.5, 0.6) is 0 Å². The molecule has 0 aromatic heterocycles. The van der Waals surface area contributed by atoms with Crippen molar-refractivity contribution in [3.8, 4) is 0 Å². The van der Waals surface area contributed by atoms with E-state index in [0.29, 0.717) is 0 Å². The zero-order valence-electron chi connectivity index (χ0n) is 28.5. The van der Waals surface area contributed by atoms with Crippen molar-refractivity contribution in [1.29, 1.82) is 0 Å². The van der Waals surface area contributed by atoms with E-state index in [9.17, 15) is 0 Å². The van der Waals surface area contributed by atoms with Crippen LogP contribution in [-0.4, -0.2) is 0 Å². The maximum atomic E-state index is 2.45. The van der Waals surface area contributed by atoms with Crippen molar-refractivity contribution in [3.63, 3.8) is 0 Å². The first-order valence-corrected chi connectivity index (χ1v) is 17.9. The Labute approximate surface area is 304 Å². The first-order chi connectivity index (χ1) is 25.8. The largest absolute Gasteiger partial charge is 0.310 e. The maximum absolute atomic E-state index is 2.45. The average Bonchev–Trinajstić information content (AvgIpc) is 3.22. The van der Waals surface area contributed by atoms with Gasteiger partial charge in [-0.25, -0.2) is 0 Å². The lowest BCUT2D eigenvalue weighted by atomic mass is 9.60. The Morgan fingerprint density at radius 2 is 0.635 bits per heavy atom. The number of hydrogen-bond acceptors (Lipinski definition) is 3. The molecule has 0 atom stereocenters. The molecule has 52 heavy (non-hydrogen) atoms. The van der Waals surface area contributed by atoms with E-state index in [1.165, 1.54) is 39.3 Å². The lowest BCUT2D eigenvalue weighted by Crippen LogP contribution is -2.42. The van der Waals surface area contributed by atoms with Crippen LogP contribution >= 0.6 is 0 Å². The van der Waals surface area contributed by atoms with Crippen LogP contribution in [0.4, 0.5) is 51.2 Å². The van der Waals surface area contributed by atoms with E-state index in [1.54, 1.807) is 0 Å². The van der Waals surface area contributed by atoms with Gasteiger partial charge < -0.3 is 14.7 Å². The fourth-order valence-corrected chi connectivity index (χ4v) is 8.56. The molecule has 0 radical (unpaired) electrons. The second-order valence-electron chi connectivity index (χ2n) is 13.4. The molecule has 3 nitrogen and oxygen atoms in total. The van der Waals surface area contributed by atoms with Crippen molar-refractivity contribution >= 4 is 51.2 Å². The van der Waals surface area contributed by atoms with Crippen LogP contribution in [0.3, 0.4) is 0 Å². The Morgan fingerprint density at radius 3 is 1.06 bits per heavy atom. The summed E-state index contributed by atoms with van der Waals surface area (Å²) in [7, 11) is 0. The second-order valence-corrected chi connectivity index (χ2v) is 13.4. The van der Waals surface area contributed by atoms with Crippen molar-refractivity contribution in [3.05, 3.63) is 235 Å². The van der Waals surface area contributed by atoms with Gasteiger partial charge in [-0.2, -0.15) is 0 Å². The van der Waals surface area contributed by atoms with Crippen LogP contribution in [0.1, 0.15) is 22.3 Å². The van der Waals surface area contributed by atoms with Gasteiger partial charge in [-0.3, -0.25) is 0 Å². The van der Waals surface area contributed by atoms with E-state index in [-0.39, 0.29) is 0 Å². The molecule has 0 saturated carbocycles. The summed E-state index contributed by atoms with van der Waals surface area (Å²) in [6.07, 6.45) is 0. The molecular weight excluding hydrogens is 631 g/mol. The Morgan fingerprint density at radius 1 is 0.288 bits per heavy atom. The van der Waals surface area contributed by atoms with Gasteiger partial charge in [-0.15, -0.1) is 0 Å². The highest BCUT2D eigenvalue weighted by Gasteiger charge is 2.52. The summed E-state index contributed by atoms with van der Waals surface area (Å²) in [6.45, 7) is 0. The lowest BCUT2D eigenvalue weighted by molar-refractivity contribution is 0.719. The predicted molar refractivity (Wildman–Crippen MR) is 216 cm³/mol. The van der Waals surface area contributed by atoms with E-state index >= 15 is 0 Å². The summed E-state index contributed by atoms with van der Waals surface area (Å²) in [6, 6.07) is 77.0. The van der Waals surface area contributed by atoms with Crippen molar-refractivity contribution in [2.45, 2.75) is 5.41 Å². The molecule has 10 rings (SSSR count). The highest BCUT2D eigenvalue weighted by Crippen LogP contribution is 2.64. The summed E-state index contributed by atoms with van der Waals surface area (Å²) < 4.78 is 0. The van der Waals surface area contributed by atoms with Crippen LogP contribution in [0.2, 0.25) is 0 Å². The van der Waals surface area contributed by atoms with Crippen molar-refractivity contribution < 1.29 is 0 Å². The van der Waals surface area contributed by atoms with Gasteiger partial charge >= 0.3 is 0 Å². The van der Waals surface area contributed by atoms with Gasteiger partial charge in [0.05, 0.1) is 28.2 Å². The predicted octanol–water partition coefficient (Wildman–Crippen LogP) is 13.1. The Hall–Kier alpha value is -6.84. The van der Waals surface area contributed by atoms with E-state index in [1.807, 2.05) is 0 Å². The topological polar surface area (TPSA) is 9.72 Å². The Balaban J connectivity index is 1.34. The standard InChI is InChI=1S/C49H35N3/c1-5-19-36(20-6-1)50(37-21-7-2-8-22-37)40-33-34-48-44(35-40)49(43-29-15-18-32-47(43)52(48)39-25-11-4-12-26-39)41-27-13-16-30-45(41)51(38-23-9-3-10-24-38)46-31-17-14-28-42(46)49/h1-35H. The summed E-state index contributed by atoms with van der Waals surface area (Å²) in [4.78, 5) is 7.26. The molecule has 0 unspecified atom stereocenters. The number of benzene rings is 8. The summed E-state index contributed by atoms with van der Waals surface area (Å²) in [5.41, 5.74) is 14.6. The van der Waals surface area contributed by atoms with E-state index in [0.717, 1.165) is 34.1 Å². The first-order valence-electron chi connectivity index (χ1n) is 17.9. The molecule has 2 heterocycles. The minimum atomic E-state index is -0.634. The van der Waals surface area contributed by atoms with Crippen LogP contribution in [0, 0.1) is 0 Å². The van der Waals surface area contributed by atoms with Crippen LogP contribution in [0.15, 0.2) is 212 Å². The third-order valence-electron chi connectivity index (χ3n) is 10.6. The minimum Gasteiger partial charge on any atom is -0.310 e. The van der Waals surface area contributed by atoms with Gasteiger partial charge in [0.1, 0.15) is 0 Å². The third-order valence-corrected chi connectivity index (χ3v) is 10.6. The average molecular weight is 666 g/mol. The molecule has 1 spiro atoms. The number of anilines is 9. The summed E-state index contributed by atoms with van der Waals surface area (Å²) >= 11 is 0. The fraction of sp³-hybridized carbons (Fsp3) is 0.0204. The monoisotopic (exact) mass is 665 g/mol. The molecule has 8 aromatic carbocycles. The molecular formula is C49H35N3. The minimum absolute atomic E-state index is 0.634. The fourth-order valence-electron chi connectivity index (χ4n) is 8.56. The Kier molecular flexibility index (Phi) is 7.04. The summed E-state index contributed by atoms with van der Waals surface area (Å²) in [5.74, 6) is 0. The van der Waals surface area contributed by atoms with Gasteiger partial charge in [0, 0.05) is 28.4 Å². The Bertz CT molecular complexity index is 2390. The first kappa shape index (κ1) is 30.0. The second kappa shape index (κ2) is 12.2. The number of para-hydroxylation sites is 7. The van der Waals surface area contributed by atoms with Gasteiger partial charge in [0.25, 0.3) is 0 Å². The number of rotatable bonds is 5. The molecule has 0 N–H and O–H groups in total. The number of nitrogens with zero attached hydrogens (tertiary/aromatic N) is 3. The van der Waals surface area contributed by atoms with Gasteiger partial charge in [-0.1, -0.05) is 127 Å². The van der Waals surface area contributed by atoms with E-state index in [2.05, 4.69) is 227 Å². The molecule has 2 aliphatic rings. The molecule has 0 amide bonds. The van der Waals surface area contributed by atoms with Gasteiger partial charge in [0.15, 0.2) is 0 Å². The molecule has 8 aromatic rings. The highest BCUT2D eigenvalue weighted by molar-refractivity contribution is 5.97. The molecule has 2 aliphatic heterocycles. The molecule has 0 saturated heterocycles. The zero-order chi connectivity index (χ0) is 34.5. The smallest absolute Gasteiger partial charge is 0.0783 e. The SMILES string of the molecule is c1ccc(N(c2ccccc2)c2ccc3c(c2)C2(c4ccccc4N(c4ccccc4)c4ccccc42)c2ccccc2N3c2ccccc2)cc1. The van der Waals surface area contributed by atoms with Crippen LogP contribution < -0.4 is 14.7 Å². The zero-order valence-corrected chi connectivity index (χ0v) is 28.5. The van der Waals surface area contributed by atoms with Crippen LogP contribution in [-0.2, 0) is 5.41 Å². The van der Waals surface area contributed by atoms with E-state index in [4.69, 9.17) is 0 Å². The third kappa shape index (κ3) is 4.46. The number of fused-ring (bicyclic) bond motifs is 8. The quantitative estimate of drug-likeness (QED) is 0.181. The molecule has 0 fully saturated rings. The molecule has 246 valence electrons.